The Morgan fingerprint density at radius 3 is 1.13 bits per heavy atom. The van der Waals surface area contributed by atoms with Crippen LogP contribution in [-0.2, 0) is 42.7 Å². The normalized spacial score (nSPS) is 13.6. The largest absolute Gasteiger partial charge is 0.377 e. The maximum absolute atomic E-state index is 11.8. The molecule has 0 aromatic heterocycles. The van der Waals surface area contributed by atoms with Gasteiger partial charge < -0.3 is 33.2 Å². The predicted molar refractivity (Wildman–Crippen MR) is 108 cm³/mol. The van der Waals surface area contributed by atoms with Gasteiger partial charge in [0.2, 0.25) is 0 Å². The van der Waals surface area contributed by atoms with Crippen LogP contribution in [0.4, 0.5) is 4.39 Å². The van der Waals surface area contributed by atoms with Crippen molar-refractivity contribution in [3.8, 4) is 0 Å². The Morgan fingerprint density at radius 2 is 0.806 bits per heavy atom. The molecule has 2 amide bonds. The van der Waals surface area contributed by atoms with Gasteiger partial charge in [0, 0.05) is 12.2 Å². The molecule has 0 radical (unpaired) electrons. The van der Waals surface area contributed by atoms with Crippen molar-refractivity contribution >= 4 is 11.8 Å². The van der Waals surface area contributed by atoms with Gasteiger partial charge in [0.15, 0.2) is 0 Å². The SMILES string of the molecule is O=C1C=CC(=O)N1CCOCCOCCOCCOCCOCCOCCOCCF. The standard InChI is InChI=1S/C20H34FNO9/c21-3-5-25-7-9-27-11-13-29-15-17-31-18-16-30-14-12-28-10-8-26-6-4-22-19(23)1-2-20(22)24/h1-2H,3-18H2. The number of imide groups is 1. The molecule has 1 aliphatic heterocycles. The number of hydrogen-bond acceptors (Lipinski definition) is 9. The second-order valence-electron chi connectivity index (χ2n) is 6.14. The number of nitrogens with zero attached hydrogens (tertiary/aromatic N) is 1. The van der Waals surface area contributed by atoms with Crippen molar-refractivity contribution < 1.29 is 47.1 Å². The maximum atomic E-state index is 11.8. The number of alkyl halides is 1. The highest BCUT2D eigenvalue weighted by molar-refractivity contribution is 6.12. The quantitative estimate of drug-likeness (QED) is 0.157. The molecule has 31 heavy (non-hydrogen) atoms. The minimum absolute atomic E-state index is 0.107. The van der Waals surface area contributed by atoms with E-state index >= 15 is 0 Å². The number of rotatable bonds is 23. The van der Waals surface area contributed by atoms with Crippen LogP contribution in [0.25, 0.3) is 0 Å². The first-order valence-electron chi connectivity index (χ1n) is 10.4. The molecule has 0 saturated heterocycles. The molecular formula is C20H34FNO9. The van der Waals surface area contributed by atoms with Crippen molar-refractivity contribution in [2.45, 2.75) is 0 Å². The Hall–Kier alpha value is -1.47. The lowest BCUT2D eigenvalue weighted by atomic mass is 10.5. The monoisotopic (exact) mass is 451 g/mol. The zero-order valence-electron chi connectivity index (χ0n) is 18.0. The van der Waals surface area contributed by atoms with Gasteiger partial charge in [0.25, 0.3) is 11.8 Å². The molecule has 0 aromatic carbocycles. The van der Waals surface area contributed by atoms with Gasteiger partial charge in [-0.2, -0.15) is 0 Å². The van der Waals surface area contributed by atoms with E-state index in [0.717, 1.165) is 4.90 Å². The van der Waals surface area contributed by atoms with Crippen LogP contribution in [-0.4, -0.2) is 122 Å². The van der Waals surface area contributed by atoms with Crippen molar-refractivity contribution in [1.29, 1.82) is 0 Å². The van der Waals surface area contributed by atoms with Crippen LogP contribution in [0.5, 0.6) is 0 Å². The van der Waals surface area contributed by atoms with E-state index in [4.69, 9.17) is 33.2 Å². The van der Waals surface area contributed by atoms with Crippen LogP contribution < -0.4 is 0 Å². The third kappa shape index (κ3) is 15.9. The van der Waals surface area contributed by atoms with E-state index in [9.17, 15) is 14.0 Å². The first-order chi connectivity index (χ1) is 15.3. The smallest absolute Gasteiger partial charge is 0.253 e. The summed E-state index contributed by atoms with van der Waals surface area (Å²) in [5, 5.41) is 0. The zero-order chi connectivity index (χ0) is 22.4. The number of carbonyl (C=O) groups excluding carboxylic acids is 2. The van der Waals surface area contributed by atoms with E-state index in [0.29, 0.717) is 79.3 Å². The van der Waals surface area contributed by atoms with E-state index in [1.165, 1.54) is 12.2 Å². The highest BCUT2D eigenvalue weighted by Crippen LogP contribution is 2.02. The molecule has 180 valence electrons. The molecule has 1 aliphatic rings. The van der Waals surface area contributed by atoms with Gasteiger partial charge in [-0.25, -0.2) is 4.39 Å². The summed E-state index contributed by atoms with van der Waals surface area (Å²) in [6.07, 6.45) is 2.50. The van der Waals surface area contributed by atoms with E-state index in [1.807, 2.05) is 0 Å². The van der Waals surface area contributed by atoms with E-state index < -0.39 is 6.67 Å². The minimum Gasteiger partial charge on any atom is -0.377 e. The van der Waals surface area contributed by atoms with Gasteiger partial charge in [-0.15, -0.1) is 0 Å². The molecule has 1 rings (SSSR count). The third-order valence-corrected chi connectivity index (χ3v) is 3.81. The molecule has 0 atom stereocenters. The van der Waals surface area contributed by atoms with Crippen molar-refractivity contribution in [1.82, 2.24) is 4.90 Å². The van der Waals surface area contributed by atoms with Crippen molar-refractivity contribution in [3.63, 3.8) is 0 Å². The summed E-state index contributed by atoms with van der Waals surface area (Å²) in [7, 11) is 0. The number of ether oxygens (including phenoxy) is 7. The molecule has 11 heteroatoms. The lowest BCUT2D eigenvalue weighted by molar-refractivity contribution is -0.137. The second kappa shape index (κ2) is 20.4. The summed E-state index contributed by atoms with van der Waals surface area (Å²) >= 11 is 0. The Balaban J connectivity index is 1.68. The van der Waals surface area contributed by atoms with Gasteiger partial charge in [-0.1, -0.05) is 0 Å². The Morgan fingerprint density at radius 1 is 0.516 bits per heavy atom. The minimum atomic E-state index is -0.480. The summed E-state index contributed by atoms with van der Waals surface area (Å²) in [5.41, 5.74) is 0. The van der Waals surface area contributed by atoms with Crippen molar-refractivity contribution in [2.75, 3.05) is 106 Å². The van der Waals surface area contributed by atoms with Gasteiger partial charge in [0.1, 0.15) is 6.67 Å². The fourth-order valence-electron chi connectivity index (χ4n) is 2.28. The van der Waals surface area contributed by atoms with E-state index in [1.54, 1.807) is 0 Å². The molecule has 0 aliphatic carbocycles. The number of carbonyl (C=O) groups is 2. The number of halogens is 1. The molecule has 0 saturated carbocycles. The van der Waals surface area contributed by atoms with Crippen LogP contribution in [0, 0.1) is 0 Å². The molecule has 10 nitrogen and oxygen atoms in total. The topological polar surface area (TPSA) is 102 Å². The lowest BCUT2D eigenvalue weighted by Crippen LogP contribution is -2.33. The average Bonchev–Trinajstić information content (AvgIpc) is 3.09. The van der Waals surface area contributed by atoms with Gasteiger partial charge in [-0.05, 0) is 0 Å². The van der Waals surface area contributed by atoms with Gasteiger partial charge in [-0.3, -0.25) is 14.5 Å². The molecule has 0 bridgehead atoms. The second-order valence-corrected chi connectivity index (χ2v) is 6.14. The van der Waals surface area contributed by atoms with Gasteiger partial charge in [0.05, 0.1) is 99.0 Å². The van der Waals surface area contributed by atoms with Crippen LogP contribution in [0.1, 0.15) is 0 Å². The number of hydrogen-bond donors (Lipinski definition) is 0. The van der Waals surface area contributed by atoms with Crippen LogP contribution in [0.3, 0.4) is 0 Å². The van der Waals surface area contributed by atoms with Crippen LogP contribution >= 0.6 is 0 Å². The molecular weight excluding hydrogens is 417 g/mol. The molecule has 0 spiro atoms. The Labute approximate surface area is 182 Å². The third-order valence-electron chi connectivity index (χ3n) is 3.81. The van der Waals surface area contributed by atoms with Crippen LogP contribution in [0.2, 0.25) is 0 Å². The van der Waals surface area contributed by atoms with E-state index in [-0.39, 0.29) is 31.6 Å². The number of amides is 2. The summed E-state index contributed by atoms with van der Waals surface area (Å²) in [5.74, 6) is -0.615. The summed E-state index contributed by atoms with van der Waals surface area (Å²) in [6.45, 7) is 5.45. The summed E-state index contributed by atoms with van der Waals surface area (Å²) in [6, 6.07) is 0. The van der Waals surface area contributed by atoms with Gasteiger partial charge >= 0.3 is 0 Å². The fourth-order valence-corrected chi connectivity index (χ4v) is 2.28. The molecule has 0 fully saturated rings. The predicted octanol–water partition coefficient (Wildman–Crippen LogP) is -0.00290. The Kier molecular flexibility index (Phi) is 18.2. The van der Waals surface area contributed by atoms with E-state index in [2.05, 4.69) is 0 Å². The molecule has 0 aromatic rings. The van der Waals surface area contributed by atoms with Crippen molar-refractivity contribution in [2.24, 2.45) is 0 Å². The van der Waals surface area contributed by atoms with Crippen molar-refractivity contribution in [3.05, 3.63) is 12.2 Å². The first-order valence-corrected chi connectivity index (χ1v) is 10.4. The summed E-state index contributed by atoms with van der Waals surface area (Å²) in [4.78, 5) is 23.8. The highest BCUT2D eigenvalue weighted by Gasteiger charge is 2.22. The molecule has 0 unspecified atom stereocenters. The Bertz CT molecular complexity index is 475. The highest BCUT2D eigenvalue weighted by atomic mass is 19.1. The zero-order valence-corrected chi connectivity index (χ0v) is 18.0. The lowest BCUT2D eigenvalue weighted by Gasteiger charge is -2.13. The maximum Gasteiger partial charge on any atom is 0.253 e. The average molecular weight is 451 g/mol. The molecule has 0 N–H and O–H groups in total. The fraction of sp³-hybridized carbons (Fsp3) is 0.800. The summed E-state index contributed by atoms with van der Waals surface area (Å²) < 4.78 is 48.7. The first kappa shape index (κ1) is 27.6. The van der Waals surface area contributed by atoms with Crippen LogP contribution in [0.15, 0.2) is 12.2 Å². The molecule has 1 heterocycles.